The van der Waals surface area contributed by atoms with Gasteiger partial charge in [0.2, 0.25) is 0 Å². The predicted molar refractivity (Wildman–Crippen MR) is 144 cm³/mol. The Morgan fingerprint density at radius 3 is 2.66 bits per heavy atom. The van der Waals surface area contributed by atoms with E-state index in [4.69, 9.17) is 9.41 Å². The fraction of sp³-hybridized carbons (Fsp3) is 0.448. The first-order valence-corrected chi connectivity index (χ1v) is 13.5. The number of nitrogens with one attached hydrogen (secondary N) is 1. The third-order valence-electron chi connectivity index (χ3n) is 7.40. The van der Waals surface area contributed by atoms with Gasteiger partial charge in [-0.25, -0.2) is 4.99 Å². The first-order chi connectivity index (χ1) is 16.9. The second-order valence-corrected chi connectivity index (χ2v) is 11.9. The molecule has 35 heavy (non-hydrogen) atoms. The topological polar surface area (TPSA) is 57.8 Å². The molecule has 1 amide bonds. The molecule has 1 aromatic carbocycles. The van der Waals surface area contributed by atoms with Crippen LogP contribution in [0.15, 0.2) is 52.1 Å². The number of hydrogen-bond donors (Lipinski definition) is 1. The van der Waals surface area contributed by atoms with Crippen molar-refractivity contribution in [1.82, 2.24) is 5.32 Å². The molecule has 1 aliphatic carbocycles. The number of rotatable bonds is 6. The highest BCUT2D eigenvalue weighted by Gasteiger charge is 2.33. The molecule has 1 aliphatic heterocycles. The Morgan fingerprint density at radius 2 is 1.97 bits per heavy atom. The lowest BCUT2D eigenvalue weighted by Crippen LogP contribution is -2.28. The Labute approximate surface area is 212 Å². The molecule has 0 radical (unpaired) electrons. The normalized spacial score (nSPS) is 18.3. The predicted octanol–water partition coefficient (Wildman–Crippen LogP) is 6.77. The molecule has 1 fully saturated rings. The van der Waals surface area contributed by atoms with Crippen molar-refractivity contribution < 1.29 is 9.21 Å². The molecule has 184 valence electrons. The Bertz CT molecular complexity index is 1180. The van der Waals surface area contributed by atoms with Gasteiger partial charge < -0.3 is 14.6 Å². The van der Waals surface area contributed by atoms with E-state index in [1.165, 1.54) is 29.0 Å². The van der Waals surface area contributed by atoms with E-state index < -0.39 is 0 Å². The maximum absolute atomic E-state index is 13.3. The van der Waals surface area contributed by atoms with Crippen LogP contribution in [-0.4, -0.2) is 25.2 Å². The largest absolute Gasteiger partial charge is 0.467 e. The van der Waals surface area contributed by atoms with Crippen LogP contribution in [0.4, 0.5) is 10.7 Å². The molecule has 5 nitrogen and oxygen atoms in total. The molecule has 0 spiro atoms. The highest BCUT2D eigenvalue weighted by molar-refractivity contribution is 7.16. The smallest absolute Gasteiger partial charge is 0.255 e. The summed E-state index contributed by atoms with van der Waals surface area (Å²) in [6.45, 7) is 9.61. The van der Waals surface area contributed by atoms with E-state index in [0.29, 0.717) is 12.5 Å². The third kappa shape index (κ3) is 5.37. The molecule has 2 aliphatic rings. The zero-order valence-electron chi connectivity index (χ0n) is 21.0. The van der Waals surface area contributed by atoms with Crippen molar-refractivity contribution in [2.45, 2.75) is 59.4 Å². The first-order valence-electron chi connectivity index (χ1n) is 12.7. The van der Waals surface area contributed by atoms with Crippen LogP contribution in [0, 0.1) is 11.3 Å². The Morgan fingerprint density at radius 1 is 1.20 bits per heavy atom. The van der Waals surface area contributed by atoms with Crippen LogP contribution in [0.3, 0.4) is 0 Å². The molecule has 5 rings (SSSR count). The van der Waals surface area contributed by atoms with Crippen LogP contribution in [0.5, 0.6) is 0 Å². The Balaban J connectivity index is 1.40. The van der Waals surface area contributed by atoms with Gasteiger partial charge in [-0.05, 0) is 78.8 Å². The summed E-state index contributed by atoms with van der Waals surface area (Å²) in [5, 5.41) is 3.86. The number of fused-ring (bicyclic) bond motifs is 1. The van der Waals surface area contributed by atoms with Crippen LogP contribution in [0.25, 0.3) is 0 Å². The average Bonchev–Trinajstić information content (AvgIpc) is 3.61. The number of carbonyl (C=O) groups is 1. The number of carbonyl (C=O) groups excluding carboxylic acids is 1. The molecule has 3 heterocycles. The monoisotopic (exact) mass is 489 g/mol. The van der Waals surface area contributed by atoms with Gasteiger partial charge in [0.25, 0.3) is 5.91 Å². The second-order valence-electron chi connectivity index (χ2n) is 10.8. The summed E-state index contributed by atoms with van der Waals surface area (Å²) in [4.78, 5) is 22.0. The number of furan rings is 1. The van der Waals surface area contributed by atoms with E-state index >= 15 is 0 Å². The number of hydrogen-bond acceptors (Lipinski definition) is 5. The minimum Gasteiger partial charge on any atom is -0.467 e. The molecule has 1 saturated heterocycles. The van der Waals surface area contributed by atoms with Crippen LogP contribution >= 0.6 is 11.3 Å². The summed E-state index contributed by atoms with van der Waals surface area (Å²) in [5.41, 5.74) is 4.51. The lowest BCUT2D eigenvalue weighted by Gasteiger charge is -2.33. The van der Waals surface area contributed by atoms with Crippen LogP contribution in [0.1, 0.15) is 72.2 Å². The van der Waals surface area contributed by atoms with Crippen molar-refractivity contribution in [1.29, 1.82) is 0 Å². The summed E-state index contributed by atoms with van der Waals surface area (Å²) >= 11 is 1.69. The summed E-state index contributed by atoms with van der Waals surface area (Å²) in [6.07, 6.45) is 9.12. The highest BCUT2D eigenvalue weighted by Crippen LogP contribution is 2.45. The van der Waals surface area contributed by atoms with Gasteiger partial charge in [0.15, 0.2) is 0 Å². The molecule has 1 N–H and O–H groups in total. The van der Waals surface area contributed by atoms with Gasteiger partial charge in [-0.15, -0.1) is 11.3 Å². The van der Waals surface area contributed by atoms with Crippen molar-refractivity contribution in [3.05, 3.63) is 70.0 Å². The number of amides is 1. The third-order valence-corrected chi connectivity index (χ3v) is 8.56. The number of thiophene rings is 1. The van der Waals surface area contributed by atoms with Crippen LogP contribution in [0.2, 0.25) is 0 Å². The fourth-order valence-electron chi connectivity index (χ4n) is 5.18. The van der Waals surface area contributed by atoms with Gasteiger partial charge >= 0.3 is 0 Å². The van der Waals surface area contributed by atoms with E-state index in [1.54, 1.807) is 17.6 Å². The number of anilines is 1. The SMILES string of the molecule is CC(C)(C)[C@@H]1CCc2c(sc(N=Cc3ccc(N4CCCC4)cc3)c2C(=O)NCc2ccco2)C1. The zero-order chi connectivity index (χ0) is 24.4. The van der Waals surface area contributed by atoms with Crippen molar-refractivity contribution in [3.8, 4) is 0 Å². The fourth-order valence-corrected chi connectivity index (χ4v) is 6.45. The lowest BCUT2D eigenvalue weighted by molar-refractivity contribution is 0.0947. The van der Waals surface area contributed by atoms with E-state index in [2.05, 4.69) is 55.3 Å². The van der Waals surface area contributed by atoms with Crippen LogP contribution in [-0.2, 0) is 19.4 Å². The molecule has 2 aromatic heterocycles. The molecular formula is C29H35N3O2S. The molecule has 3 aromatic rings. The van der Waals surface area contributed by atoms with Gasteiger partial charge in [-0.2, -0.15) is 0 Å². The van der Waals surface area contributed by atoms with Gasteiger partial charge in [0, 0.05) is 29.9 Å². The molecule has 0 unspecified atom stereocenters. The summed E-state index contributed by atoms with van der Waals surface area (Å²) in [6, 6.07) is 12.3. The van der Waals surface area contributed by atoms with E-state index in [0.717, 1.165) is 54.2 Å². The van der Waals surface area contributed by atoms with Crippen molar-refractivity contribution in [2.24, 2.45) is 16.3 Å². The minimum absolute atomic E-state index is 0.0651. The van der Waals surface area contributed by atoms with Gasteiger partial charge in [-0.1, -0.05) is 32.9 Å². The molecule has 1 atom stereocenters. The molecule has 0 saturated carbocycles. The number of nitrogens with zero attached hydrogens (tertiary/aromatic N) is 2. The molecular weight excluding hydrogens is 454 g/mol. The van der Waals surface area contributed by atoms with Crippen LogP contribution < -0.4 is 10.2 Å². The number of aliphatic imine (C=N–C) groups is 1. The first kappa shape index (κ1) is 23.9. The number of benzene rings is 1. The summed E-state index contributed by atoms with van der Waals surface area (Å²) < 4.78 is 5.40. The molecule has 0 bridgehead atoms. The van der Waals surface area contributed by atoms with Crippen molar-refractivity contribution >= 4 is 34.1 Å². The summed E-state index contributed by atoms with van der Waals surface area (Å²) in [7, 11) is 0. The van der Waals surface area contributed by atoms with Gasteiger partial charge in [-0.3, -0.25) is 4.79 Å². The lowest BCUT2D eigenvalue weighted by atomic mass is 9.72. The second kappa shape index (κ2) is 10.0. The zero-order valence-corrected chi connectivity index (χ0v) is 21.8. The van der Waals surface area contributed by atoms with Crippen molar-refractivity contribution in [2.75, 3.05) is 18.0 Å². The van der Waals surface area contributed by atoms with Crippen molar-refractivity contribution in [3.63, 3.8) is 0 Å². The van der Waals surface area contributed by atoms with E-state index in [9.17, 15) is 4.79 Å². The van der Waals surface area contributed by atoms with Gasteiger partial charge in [0.05, 0.1) is 18.4 Å². The Kier molecular flexibility index (Phi) is 6.83. The maximum Gasteiger partial charge on any atom is 0.255 e. The highest BCUT2D eigenvalue weighted by atomic mass is 32.1. The minimum atomic E-state index is -0.0651. The van der Waals surface area contributed by atoms with E-state index in [1.807, 2.05) is 18.3 Å². The average molecular weight is 490 g/mol. The van der Waals surface area contributed by atoms with E-state index in [-0.39, 0.29) is 11.3 Å². The Hall–Kier alpha value is -2.86. The standard InChI is InChI=1S/C29H35N3O2S/c1-29(2,3)21-10-13-24-25(17-21)35-28(26(24)27(33)30-19-23-7-6-16-34-23)31-18-20-8-11-22(12-9-20)32-14-4-5-15-32/h6-9,11-12,16,18,21H,4-5,10,13-15,17,19H2,1-3H3,(H,30,33)/t21-/m1/s1. The summed E-state index contributed by atoms with van der Waals surface area (Å²) in [5.74, 6) is 1.30. The quantitative estimate of drug-likeness (QED) is 0.389. The maximum atomic E-state index is 13.3. The van der Waals surface area contributed by atoms with Gasteiger partial charge in [0.1, 0.15) is 10.8 Å². The molecule has 6 heteroatoms.